The molecule has 0 aliphatic rings. The SMILES string of the molecule is Cc1ccc(C(=O)Nc2c(C)nn(Cc3ccccc3C)c2C)cc1. The number of carbonyl (C=O) groups is 1. The van der Waals surface area contributed by atoms with Crippen molar-refractivity contribution in [3.05, 3.63) is 82.2 Å². The van der Waals surface area contributed by atoms with Gasteiger partial charge in [-0.2, -0.15) is 5.10 Å². The minimum Gasteiger partial charge on any atom is -0.319 e. The number of amides is 1. The van der Waals surface area contributed by atoms with E-state index in [-0.39, 0.29) is 5.91 Å². The molecule has 1 N–H and O–H groups in total. The monoisotopic (exact) mass is 333 g/mol. The number of carbonyl (C=O) groups excluding carboxylic acids is 1. The maximum Gasteiger partial charge on any atom is 0.255 e. The summed E-state index contributed by atoms with van der Waals surface area (Å²) in [7, 11) is 0. The van der Waals surface area contributed by atoms with E-state index in [4.69, 9.17) is 0 Å². The van der Waals surface area contributed by atoms with E-state index >= 15 is 0 Å². The van der Waals surface area contributed by atoms with Crippen molar-refractivity contribution in [2.75, 3.05) is 5.32 Å². The number of benzene rings is 2. The fourth-order valence-corrected chi connectivity index (χ4v) is 2.87. The molecule has 0 bridgehead atoms. The van der Waals surface area contributed by atoms with Crippen LogP contribution in [0.2, 0.25) is 0 Å². The van der Waals surface area contributed by atoms with E-state index in [9.17, 15) is 4.79 Å². The van der Waals surface area contributed by atoms with Crippen LogP contribution >= 0.6 is 0 Å². The van der Waals surface area contributed by atoms with E-state index in [2.05, 4.69) is 29.5 Å². The maximum atomic E-state index is 12.5. The Morgan fingerprint density at radius 2 is 1.68 bits per heavy atom. The molecule has 3 rings (SSSR count). The van der Waals surface area contributed by atoms with Crippen molar-refractivity contribution in [3.8, 4) is 0 Å². The van der Waals surface area contributed by atoms with E-state index < -0.39 is 0 Å². The van der Waals surface area contributed by atoms with Crippen molar-refractivity contribution >= 4 is 11.6 Å². The Morgan fingerprint density at radius 3 is 2.36 bits per heavy atom. The lowest BCUT2D eigenvalue weighted by atomic mass is 10.1. The summed E-state index contributed by atoms with van der Waals surface area (Å²) >= 11 is 0. The molecule has 4 heteroatoms. The van der Waals surface area contributed by atoms with E-state index in [1.807, 2.05) is 61.9 Å². The maximum absolute atomic E-state index is 12.5. The van der Waals surface area contributed by atoms with Gasteiger partial charge in [0.05, 0.1) is 23.6 Å². The molecule has 0 aliphatic heterocycles. The average molecular weight is 333 g/mol. The summed E-state index contributed by atoms with van der Waals surface area (Å²) in [5, 5.41) is 7.62. The Balaban J connectivity index is 1.83. The van der Waals surface area contributed by atoms with E-state index in [0.29, 0.717) is 12.1 Å². The summed E-state index contributed by atoms with van der Waals surface area (Å²) in [6.07, 6.45) is 0. The second kappa shape index (κ2) is 6.93. The summed E-state index contributed by atoms with van der Waals surface area (Å²) < 4.78 is 1.95. The van der Waals surface area contributed by atoms with Crippen LogP contribution in [0.25, 0.3) is 0 Å². The zero-order chi connectivity index (χ0) is 18.0. The Hall–Kier alpha value is -2.88. The second-order valence-electron chi connectivity index (χ2n) is 6.45. The molecule has 0 spiro atoms. The minimum absolute atomic E-state index is 0.110. The third kappa shape index (κ3) is 3.63. The Labute approximate surface area is 148 Å². The molecule has 1 heterocycles. The number of aromatic nitrogens is 2. The number of anilines is 1. The average Bonchev–Trinajstić information content (AvgIpc) is 2.85. The third-order valence-electron chi connectivity index (χ3n) is 4.52. The molecule has 0 atom stereocenters. The highest BCUT2D eigenvalue weighted by Crippen LogP contribution is 2.22. The van der Waals surface area contributed by atoms with Crippen LogP contribution in [0, 0.1) is 27.7 Å². The molecule has 1 aromatic heterocycles. The molecule has 25 heavy (non-hydrogen) atoms. The molecule has 0 saturated heterocycles. The lowest BCUT2D eigenvalue weighted by Crippen LogP contribution is -2.13. The van der Waals surface area contributed by atoms with Gasteiger partial charge in [0.25, 0.3) is 5.91 Å². The van der Waals surface area contributed by atoms with Gasteiger partial charge in [-0.25, -0.2) is 0 Å². The molecule has 0 unspecified atom stereocenters. The van der Waals surface area contributed by atoms with Crippen molar-refractivity contribution in [3.63, 3.8) is 0 Å². The molecule has 0 aliphatic carbocycles. The van der Waals surface area contributed by atoms with Crippen molar-refractivity contribution < 1.29 is 4.79 Å². The molecular weight excluding hydrogens is 310 g/mol. The van der Waals surface area contributed by atoms with Gasteiger partial charge >= 0.3 is 0 Å². The first kappa shape index (κ1) is 17.0. The fraction of sp³-hybridized carbons (Fsp3) is 0.238. The molecule has 0 fully saturated rings. The molecule has 0 radical (unpaired) electrons. The fourth-order valence-electron chi connectivity index (χ4n) is 2.87. The highest BCUT2D eigenvalue weighted by atomic mass is 16.1. The number of hydrogen-bond donors (Lipinski definition) is 1. The normalized spacial score (nSPS) is 10.7. The Kier molecular flexibility index (Phi) is 4.70. The lowest BCUT2D eigenvalue weighted by molar-refractivity contribution is 0.102. The van der Waals surface area contributed by atoms with Crippen LogP contribution in [0.15, 0.2) is 48.5 Å². The number of aryl methyl sites for hydroxylation is 3. The second-order valence-corrected chi connectivity index (χ2v) is 6.45. The van der Waals surface area contributed by atoms with Gasteiger partial charge in [0.15, 0.2) is 0 Å². The summed E-state index contributed by atoms with van der Waals surface area (Å²) in [5.41, 5.74) is 6.82. The molecule has 0 saturated carbocycles. The number of nitrogens with one attached hydrogen (secondary N) is 1. The van der Waals surface area contributed by atoms with Gasteiger partial charge < -0.3 is 5.32 Å². The minimum atomic E-state index is -0.110. The van der Waals surface area contributed by atoms with Gasteiger partial charge in [-0.15, -0.1) is 0 Å². The van der Waals surface area contributed by atoms with Crippen molar-refractivity contribution in [2.24, 2.45) is 0 Å². The zero-order valence-electron chi connectivity index (χ0n) is 15.1. The molecule has 1 amide bonds. The first-order chi connectivity index (χ1) is 12.0. The van der Waals surface area contributed by atoms with Crippen molar-refractivity contribution in [1.29, 1.82) is 0 Å². The molecule has 3 aromatic rings. The zero-order valence-corrected chi connectivity index (χ0v) is 15.1. The summed E-state index contributed by atoms with van der Waals surface area (Å²) in [6.45, 7) is 8.71. The van der Waals surface area contributed by atoms with E-state index in [0.717, 1.165) is 22.6 Å². The van der Waals surface area contributed by atoms with Crippen LogP contribution in [-0.4, -0.2) is 15.7 Å². The third-order valence-corrected chi connectivity index (χ3v) is 4.52. The summed E-state index contributed by atoms with van der Waals surface area (Å²) in [6, 6.07) is 15.8. The molecule has 128 valence electrons. The number of hydrogen-bond acceptors (Lipinski definition) is 2. The highest BCUT2D eigenvalue weighted by Gasteiger charge is 2.15. The van der Waals surface area contributed by atoms with Crippen molar-refractivity contribution in [2.45, 2.75) is 34.2 Å². The first-order valence-electron chi connectivity index (χ1n) is 8.42. The van der Waals surface area contributed by atoms with E-state index in [1.165, 1.54) is 11.1 Å². The van der Waals surface area contributed by atoms with Gasteiger partial charge in [-0.05, 0) is 51.0 Å². The van der Waals surface area contributed by atoms with Gasteiger partial charge in [-0.3, -0.25) is 9.48 Å². The predicted molar refractivity (Wildman–Crippen MR) is 101 cm³/mol. The number of rotatable bonds is 4. The Bertz CT molecular complexity index is 907. The largest absolute Gasteiger partial charge is 0.319 e. The van der Waals surface area contributed by atoms with Gasteiger partial charge in [-0.1, -0.05) is 42.0 Å². The molecule has 4 nitrogen and oxygen atoms in total. The predicted octanol–water partition coefficient (Wildman–Crippen LogP) is 4.42. The topological polar surface area (TPSA) is 46.9 Å². The van der Waals surface area contributed by atoms with E-state index in [1.54, 1.807) is 0 Å². The first-order valence-corrected chi connectivity index (χ1v) is 8.42. The van der Waals surface area contributed by atoms with Gasteiger partial charge in [0.2, 0.25) is 0 Å². The van der Waals surface area contributed by atoms with Crippen LogP contribution < -0.4 is 5.32 Å². The summed E-state index contributed by atoms with van der Waals surface area (Å²) in [4.78, 5) is 12.5. The van der Waals surface area contributed by atoms with Crippen LogP contribution in [-0.2, 0) is 6.54 Å². The quantitative estimate of drug-likeness (QED) is 0.768. The molecular formula is C21H23N3O. The highest BCUT2D eigenvalue weighted by molar-refractivity contribution is 6.04. The van der Waals surface area contributed by atoms with Crippen LogP contribution in [0.3, 0.4) is 0 Å². The van der Waals surface area contributed by atoms with Gasteiger partial charge in [0.1, 0.15) is 0 Å². The van der Waals surface area contributed by atoms with Crippen LogP contribution in [0.5, 0.6) is 0 Å². The smallest absolute Gasteiger partial charge is 0.255 e. The standard InChI is InChI=1S/C21H23N3O/c1-14-9-11-18(12-10-14)21(25)22-20-16(3)23-24(17(20)4)13-19-8-6-5-7-15(19)2/h5-12H,13H2,1-4H3,(H,22,25). The molecule has 2 aromatic carbocycles. The number of nitrogens with zero attached hydrogens (tertiary/aromatic N) is 2. The summed E-state index contributed by atoms with van der Waals surface area (Å²) in [5.74, 6) is -0.110. The van der Waals surface area contributed by atoms with Crippen LogP contribution in [0.4, 0.5) is 5.69 Å². The van der Waals surface area contributed by atoms with Gasteiger partial charge in [0, 0.05) is 5.56 Å². The lowest BCUT2D eigenvalue weighted by Gasteiger charge is -2.09. The van der Waals surface area contributed by atoms with Crippen LogP contribution in [0.1, 0.15) is 38.4 Å². The van der Waals surface area contributed by atoms with Crippen molar-refractivity contribution in [1.82, 2.24) is 9.78 Å². The Morgan fingerprint density at radius 1 is 1.00 bits per heavy atom.